The summed E-state index contributed by atoms with van der Waals surface area (Å²) in [6.45, 7) is 9.80. The zero-order valence-corrected chi connectivity index (χ0v) is 9.56. The fourth-order valence-electron chi connectivity index (χ4n) is 0.530. The van der Waals surface area contributed by atoms with Gasteiger partial charge in [0, 0.05) is 0 Å². The molecule has 42 valence electrons. The van der Waals surface area contributed by atoms with Gasteiger partial charge in [-0.1, -0.05) is 0 Å². The summed E-state index contributed by atoms with van der Waals surface area (Å²) in [7, 11) is 0. The van der Waals surface area contributed by atoms with Crippen LogP contribution in [-0.4, -0.2) is 25.9 Å². The van der Waals surface area contributed by atoms with E-state index < -0.39 is 5.58 Å². The average molecular weight is 221 g/mol. The third kappa shape index (κ3) is 7.02. The van der Waals surface area contributed by atoms with Gasteiger partial charge >= 0.3 is 56.9 Å². The van der Waals surface area contributed by atoms with Gasteiger partial charge in [-0.3, -0.25) is 0 Å². The summed E-state index contributed by atoms with van der Waals surface area (Å²) in [5, 5.41) is 0. The first-order chi connectivity index (χ1) is 3.06. The Morgan fingerprint density at radius 1 is 1.29 bits per heavy atom. The van der Waals surface area contributed by atoms with Crippen molar-refractivity contribution in [1.29, 1.82) is 0 Å². The Labute approximate surface area is 57.0 Å². The molecule has 0 saturated heterocycles. The third-order valence-electron chi connectivity index (χ3n) is 0.707. The number of hydrogen-bond acceptors (Lipinski definition) is 0. The van der Waals surface area contributed by atoms with Crippen molar-refractivity contribution in [2.24, 2.45) is 0 Å². The first-order valence-corrected chi connectivity index (χ1v) is 12.6. The molecule has 0 aromatic heterocycles. The van der Waals surface area contributed by atoms with E-state index in [2.05, 4.69) is 26.6 Å². The van der Waals surface area contributed by atoms with Crippen LogP contribution in [-0.2, 0) is 0 Å². The molecule has 2 radical (unpaired) electrons. The van der Waals surface area contributed by atoms with E-state index in [1.165, 1.54) is 0 Å². The van der Waals surface area contributed by atoms with E-state index in [-0.39, 0.29) is 20.3 Å². The van der Waals surface area contributed by atoms with E-state index in [1.54, 1.807) is 4.44 Å². The Morgan fingerprint density at radius 3 is 1.71 bits per heavy atom. The normalized spacial score (nSPS) is 12.0. The van der Waals surface area contributed by atoms with Gasteiger partial charge in [0.1, 0.15) is 0 Å². The van der Waals surface area contributed by atoms with Crippen LogP contribution in [0.2, 0.25) is 24.1 Å². The molecule has 0 aliphatic rings. The van der Waals surface area contributed by atoms with Gasteiger partial charge in [-0.05, 0) is 0 Å². The number of rotatable bonds is 2. The third-order valence-corrected chi connectivity index (χ3v) is 14.2. The van der Waals surface area contributed by atoms with Crippen LogP contribution in [0.15, 0.2) is 0 Å². The standard InChI is InChI=1S/C3H9Si.C2H5.Sn/c1-4(2)3;1-2;/h1-3H3;1H2,2H3;. The Bertz CT molecular complexity index is 46.5. The molecule has 7 heavy (non-hydrogen) atoms. The molecular weight excluding hydrogens is 207 g/mol. The monoisotopic (exact) mass is 222 g/mol. The van der Waals surface area contributed by atoms with Crippen LogP contribution in [0.4, 0.5) is 0 Å². The summed E-state index contributed by atoms with van der Waals surface area (Å²) in [5.41, 5.74) is -0.487. The van der Waals surface area contributed by atoms with Gasteiger partial charge in [-0.25, -0.2) is 0 Å². The van der Waals surface area contributed by atoms with Crippen molar-refractivity contribution in [2.75, 3.05) is 0 Å². The maximum absolute atomic E-state index is 2.49. The predicted molar refractivity (Wildman–Crippen MR) is 39.6 cm³/mol. The van der Waals surface area contributed by atoms with Crippen LogP contribution in [0.25, 0.3) is 0 Å². The van der Waals surface area contributed by atoms with Gasteiger partial charge in [0.2, 0.25) is 0 Å². The molecule has 0 nitrogen and oxygen atoms in total. The van der Waals surface area contributed by atoms with Crippen molar-refractivity contribution in [2.45, 2.75) is 31.0 Å². The second-order valence-electron chi connectivity index (χ2n) is 2.78. The first kappa shape index (κ1) is 8.02. The van der Waals surface area contributed by atoms with Crippen LogP contribution < -0.4 is 0 Å². The molecule has 0 bridgehead atoms. The predicted octanol–water partition coefficient (Wildman–Crippen LogP) is 1.96. The SMILES string of the molecule is C[CH2][Sn][Si](C)(C)C. The van der Waals surface area contributed by atoms with Crippen molar-refractivity contribution in [3.63, 3.8) is 0 Å². The van der Waals surface area contributed by atoms with Gasteiger partial charge in [0.25, 0.3) is 0 Å². The van der Waals surface area contributed by atoms with Gasteiger partial charge in [0.05, 0.1) is 0 Å². The molecule has 0 atom stereocenters. The van der Waals surface area contributed by atoms with Gasteiger partial charge < -0.3 is 0 Å². The minimum atomic E-state index is -0.487. The molecule has 2 heteroatoms. The van der Waals surface area contributed by atoms with Crippen molar-refractivity contribution in [3.8, 4) is 0 Å². The molecular formula is C5H14SiSn. The summed E-state index contributed by atoms with van der Waals surface area (Å²) in [4.78, 5) is 0. The fourth-order valence-corrected chi connectivity index (χ4v) is 10.7. The topological polar surface area (TPSA) is 0 Å². The van der Waals surface area contributed by atoms with Gasteiger partial charge in [-0.2, -0.15) is 0 Å². The molecule has 0 aromatic carbocycles. The van der Waals surface area contributed by atoms with Gasteiger partial charge in [0.15, 0.2) is 0 Å². The summed E-state index contributed by atoms with van der Waals surface area (Å²) >= 11 is 0.157. The van der Waals surface area contributed by atoms with E-state index in [0.29, 0.717) is 0 Å². The summed E-state index contributed by atoms with van der Waals surface area (Å²) in [6.07, 6.45) is 0. The van der Waals surface area contributed by atoms with E-state index >= 15 is 0 Å². The van der Waals surface area contributed by atoms with Crippen molar-refractivity contribution in [3.05, 3.63) is 0 Å². The molecule has 0 rings (SSSR count). The molecule has 0 aromatic rings. The molecule has 0 aliphatic carbocycles. The Kier molecular flexibility index (Phi) is 3.58. The van der Waals surface area contributed by atoms with E-state index in [9.17, 15) is 0 Å². The summed E-state index contributed by atoms with van der Waals surface area (Å²) in [5.74, 6) is 0. The molecule has 0 N–H and O–H groups in total. The van der Waals surface area contributed by atoms with Crippen LogP contribution >= 0.6 is 0 Å². The maximum atomic E-state index is 2.49. The molecule has 0 unspecified atom stereocenters. The number of hydrogen-bond donors (Lipinski definition) is 0. The zero-order valence-electron chi connectivity index (χ0n) is 5.71. The fraction of sp³-hybridized carbons (Fsp3) is 1.00. The molecule has 0 fully saturated rings. The van der Waals surface area contributed by atoms with Crippen molar-refractivity contribution < 1.29 is 0 Å². The molecule has 0 amide bonds. The second-order valence-corrected chi connectivity index (χ2v) is 25.5. The molecule has 0 aliphatic heterocycles. The van der Waals surface area contributed by atoms with Crippen molar-refractivity contribution >= 4 is 25.9 Å². The molecule has 0 heterocycles. The van der Waals surface area contributed by atoms with E-state index in [4.69, 9.17) is 0 Å². The van der Waals surface area contributed by atoms with Crippen LogP contribution in [0.1, 0.15) is 6.92 Å². The second kappa shape index (κ2) is 3.12. The quantitative estimate of drug-likeness (QED) is 0.625. The summed E-state index contributed by atoms with van der Waals surface area (Å²) in [6, 6.07) is 0. The van der Waals surface area contributed by atoms with E-state index in [1.807, 2.05) is 0 Å². The summed E-state index contributed by atoms with van der Waals surface area (Å²) < 4.78 is 1.54. The Balaban J connectivity index is 3.15. The first-order valence-electron chi connectivity index (χ1n) is 2.81. The van der Waals surface area contributed by atoms with E-state index in [0.717, 1.165) is 0 Å². The molecule has 0 saturated carbocycles. The van der Waals surface area contributed by atoms with Crippen molar-refractivity contribution in [1.82, 2.24) is 0 Å². The van der Waals surface area contributed by atoms with Crippen LogP contribution in [0.5, 0.6) is 0 Å². The average Bonchev–Trinajstić information content (AvgIpc) is 1.30. The van der Waals surface area contributed by atoms with Gasteiger partial charge in [-0.15, -0.1) is 0 Å². The minimum absolute atomic E-state index is 0.157. The zero-order chi connectivity index (χ0) is 5.91. The van der Waals surface area contributed by atoms with Crippen LogP contribution in [0, 0.1) is 0 Å². The molecule has 0 spiro atoms. The Morgan fingerprint density at radius 2 is 1.71 bits per heavy atom. The Hall–Kier alpha value is 1.02. The van der Waals surface area contributed by atoms with Crippen LogP contribution in [0.3, 0.4) is 0 Å².